The number of carboxylic acid groups (broad SMARTS) is 1. The van der Waals surface area contributed by atoms with Crippen molar-refractivity contribution < 1.29 is 43.5 Å². The van der Waals surface area contributed by atoms with Crippen LogP contribution in [0.25, 0.3) is 21.9 Å². The highest BCUT2D eigenvalue weighted by Crippen LogP contribution is 2.45. The number of nitrogen functional groups attached to an aromatic ring is 1. The lowest BCUT2D eigenvalue weighted by Crippen LogP contribution is -2.46. The summed E-state index contributed by atoms with van der Waals surface area (Å²) in [6.45, 7) is 2.86. The number of aliphatic carboxylic acids is 1. The summed E-state index contributed by atoms with van der Waals surface area (Å²) in [7, 11) is -1.32. The maximum absolute atomic E-state index is 14.2. The predicted molar refractivity (Wildman–Crippen MR) is 174 cm³/mol. The van der Waals surface area contributed by atoms with E-state index in [1.165, 1.54) is 29.8 Å². The fourth-order valence-corrected chi connectivity index (χ4v) is 8.15. The third kappa shape index (κ3) is 6.53. The van der Waals surface area contributed by atoms with Crippen LogP contribution in [0.1, 0.15) is 52.2 Å². The second kappa shape index (κ2) is 13.9. The van der Waals surface area contributed by atoms with E-state index in [1.54, 1.807) is 19.1 Å². The molecule has 2 aliphatic rings. The molecule has 256 valence electrons. The average molecular weight is 684 g/mol. The van der Waals surface area contributed by atoms with Gasteiger partial charge in [0.2, 0.25) is 11.8 Å². The number of ether oxygens (including phenoxy) is 2. The first kappa shape index (κ1) is 33.9. The number of carbonyl (C=O) groups is 1. The van der Waals surface area contributed by atoms with Gasteiger partial charge in [0.15, 0.2) is 23.1 Å². The van der Waals surface area contributed by atoms with Crippen LogP contribution in [0, 0.1) is 11.8 Å². The number of nitrogens with zero attached hydrogens (tertiary/aromatic N) is 5. The Labute approximate surface area is 277 Å². The van der Waals surface area contributed by atoms with Gasteiger partial charge in [0.1, 0.15) is 24.4 Å². The number of aliphatic hydroxyl groups is 2. The zero-order valence-electron chi connectivity index (χ0n) is 26.9. The van der Waals surface area contributed by atoms with Gasteiger partial charge < -0.3 is 30.5 Å². The number of hydrogen-bond donors (Lipinski definition) is 4. The number of nitrogens with two attached hydrogens (primary N) is 1. The number of aliphatic hydroxyl groups excluding tert-OH is 1. The van der Waals surface area contributed by atoms with E-state index in [-0.39, 0.29) is 41.9 Å². The van der Waals surface area contributed by atoms with Crippen LogP contribution in [0.15, 0.2) is 48.8 Å². The van der Waals surface area contributed by atoms with Crippen molar-refractivity contribution in [3.63, 3.8) is 0 Å². The van der Waals surface area contributed by atoms with Gasteiger partial charge in [-0.15, -0.1) is 0 Å². The minimum absolute atomic E-state index is 0.0165. The fourth-order valence-electron chi connectivity index (χ4n) is 6.95. The molecule has 16 heteroatoms. The number of imidazole rings is 1. The van der Waals surface area contributed by atoms with Crippen LogP contribution in [-0.4, -0.2) is 83.2 Å². The molecule has 2 aromatic carbocycles. The summed E-state index contributed by atoms with van der Waals surface area (Å²) in [5, 5.41) is 34.2. The molecule has 15 nitrogen and oxygen atoms in total. The van der Waals surface area contributed by atoms with Crippen molar-refractivity contribution in [3.05, 3.63) is 48.8 Å². The van der Waals surface area contributed by atoms with Gasteiger partial charge in [-0.2, -0.15) is 9.97 Å². The summed E-state index contributed by atoms with van der Waals surface area (Å²) >= 11 is 0. The summed E-state index contributed by atoms with van der Waals surface area (Å²) in [5.41, 5.74) is 4.52. The first-order chi connectivity index (χ1) is 23.0. The van der Waals surface area contributed by atoms with E-state index >= 15 is 0 Å². The number of methoxy groups -OCH3 is 1. The lowest BCUT2D eigenvalue weighted by Gasteiger charge is -2.31. The minimum atomic E-state index is -2.74. The monoisotopic (exact) mass is 683 g/mol. The first-order valence-corrected chi connectivity index (χ1v) is 17.0. The second-order valence-electron chi connectivity index (χ2n) is 12.6. The van der Waals surface area contributed by atoms with Crippen LogP contribution in [0.4, 0.5) is 5.95 Å². The molecule has 3 heterocycles. The van der Waals surface area contributed by atoms with E-state index < -0.39 is 50.1 Å². The summed E-state index contributed by atoms with van der Waals surface area (Å²) in [4.78, 5) is 32.0. The summed E-state index contributed by atoms with van der Waals surface area (Å²) in [6.07, 6.45) is 0.913. The number of benzene rings is 2. The quantitative estimate of drug-likeness (QED) is 0.115. The van der Waals surface area contributed by atoms with Gasteiger partial charge in [-0.05, 0) is 43.1 Å². The van der Waals surface area contributed by atoms with Crippen LogP contribution in [-0.2, 0) is 18.9 Å². The van der Waals surface area contributed by atoms with Crippen LogP contribution in [0.5, 0.6) is 11.6 Å². The highest BCUT2D eigenvalue weighted by Gasteiger charge is 2.55. The zero-order valence-corrected chi connectivity index (χ0v) is 27.8. The van der Waals surface area contributed by atoms with Gasteiger partial charge in [-0.3, -0.25) is 14.2 Å². The Balaban J connectivity index is 1.30. The van der Waals surface area contributed by atoms with Gasteiger partial charge >= 0.3 is 14.1 Å². The molecule has 2 fully saturated rings. The summed E-state index contributed by atoms with van der Waals surface area (Å²) < 4.78 is 33.2. The van der Waals surface area contributed by atoms with Crippen LogP contribution in [0.3, 0.4) is 0 Å². The molecule has 1 aliphatic carbocycles. The molecule has 0 bridgehead atoms. The van der Waals surface area contributed by atoms with E-state index in [2.05, 4.69) is 15.0 Å². The number of anilines is 1. The van der Waals surface area contributed by atoms with Gasteiger partial charge in [0, 0.05) is 16.4 Å². The maximum atomic E-state index is 14.2. The number of carboxylic acids is 1. The standard InChI is InChI=1S/C32H39N6O9P/c1-18(15-24(39)40)26(20-10-4-5-11-20)38(48(43)47-22-14-8-12-19-9-6-7-13-21(19)22)45-16-23-27(41)32(2,42)30(46-23)37-17-34-25-28(37)35-31(33)36-29(25)44-3/h6-9,12-14,17-18,20,23,26-27,30,41-42H,4-5,10-11,15-16H2,1-3H3,(H2-,33,35,36,39,40)/p+1/t18?,23-,26?,27-,30-,32-/m1/s1. The molecular weight excluding hydrogens is 643 g/mol. The van der Waals surface area contributed by atoms with E-state index in [0.717, 1.165) is 36.5 Å². The first-order valence-electron chi connectivity index (χ1n) is 15.9. The zero-order chi connectivity index (χ0) is 34.2. The van der Waals surface area contributed by atoms with Crippen molar-refractivity contribution in [1.29, 1.82) is 0 Å². The molecule has 5 N–H and O–H groups in total. The molecule has 3 unspecified atom stereocenters. The molecule has 0 amide bonds. The number of rotatable bonds is 13. The highest BCUT2D eigenvalue weighted by atomic mass is 31.1. The van der Waals surface area contributed by atoms with Crippen LogP contribution in [0.2, 0.25) is 0 Å². The fraction of sp³-hybridized carbons (Fsp3) is 0.500. The molecule has 0 radical (unpaired) electrons. The lowest BCUT2D eigenvalue weighted by molar-refractivity contribution is -0.179. The van der Waals surface area contributed by atoms with Crippen molar-refractivity contribution in [1.82, 2.24) is 24.4 Å². The van der Waals surface area contributed by atoms with Crippen molar-refractivity contribution in [2.24, 2.45) is 11.8 Å². The van der Waals surface area contributed by atoms with E-state index in [1.807, 2.05) is 30.3 Å². The highest BCUT2D eigenvalue weighted by molar-refractivity contribution is 7.36. The number of fused-ring (bicyclic) bond motifs is 2. The summed E-state index contributed by atoms with van der Waals surface area (Å²) in [5.74, 6) is -1.05. The molecule has 2 aromatic heterocycles. The molecule has 6 rings (SSSR count). The van der Waals surface area contributed by atoms with Gasteiger partial charge in [-0.25, -0.2) is 9.51 Å². The van der Waals surface area contributed by atoms with E-state index in [4.69, 9.17) is 24.6 Å². The minimum Gasteiger partial charge on any atom is -0.481 e. The predicted octanol–water partition coefficient (Wildman–Crippen LogP) is 4.22. The smallest absolute Gasteiger partial charge is 0.481 e. The van der Waals surface area contributed by atoms with Crippen LogP contribution < -0.4 is 15.0 Å². The summed E-state index contributed by atoms with van der Waals surface area (Å²) in [6, 6.07) is 12.4. The van der Waals surface area contributed by atoms with Crippen molar-refractivity contribution in [2.75, 3.05) is 19.5 Å². The molecule has 0 spiro atoms. The molecule has 1 aliphatic heterocycles. The van der Waals surface area contributed by atoms with Crippen molar-refractivity contribution in [3.8, 4) is 11.6 Å². The molecule has 1 saturated carbocycles. The van der Waals surface area contributed by atoms with Crippen molar-refractivity contribution in [2.45, 2.75) is 76.0 Å². The SMILES string of the molecule is COc1nc(N)nc2c1ncn2[C@@H]1O[C@H](CON(C(C(C)CC(=O)O)C2CCCC2)[P+](=O)Oc2cccc3ccccc23)[C@@H](O)[C@@]1(C)O. The van der Waals surface area contributed by atoms with E-state index in [0.29, 0.717) is 5.75 Å². The maximum Gasteiger partial charge on any atom is 0.693 e. The van der Waals surface area contributed by atoms with Gasteiger partial charge in [-0.1, -0.05) is 56.2 Å². The third-order valence-corrected chi connectivity index (χ3v) is 10.3. The van der Waals surface area contributed by atoms with Crippen LogP contribution >= 0.6 is 8.18 Å². The Morgan fingerprint density at radius 1 is 1.21 bits per heavy atom. The molecular formula is C32H40N6O9P+. The Hall–Kier alpha value is -3.98. The van der Waals surface area contributed by atoms with E-state index in [9.17, 15) is 24.7 Å². The Bertz CT molecular complexity index is 1790. The van der Waals surface area contributed by atoms with Gasteiger partial charge in [0.05, 0.1) is 24.3 Å². The van der Waals surface area contributed by atoms with Gasteiger partial charge in [0.25, 0.3) is 0 Å². The number of hydrogen-bond acceptors (Lipinski definition) is 12. The number of aromatic nitrogens is 4. The Kier molecular flexibility index (Phi) is 9.79. The lowest BCUT2D eigenvalue weighted by atomic mass is 9.87. The molecule has 1 saturated heterocycles. The van der Waals surface area contributed by atoms with Crippen molar-refractivity contribution >= 4 is 42.0 Å². The Morgan fingerprint density at radius 2 is 1.94 bits per heavy atom. The third-order valence-electron chi connectivity index (χ3n) is 9.28. The second-order valence-corrected chi connectivity index (χ2v) is 13.7. The molecule has 4 aromatic rings. The Morgan fingerprint density at radius 3 is 2.67 bits per heavy atom. The molecule has 48 heavy (non-hydrogen) atoms. The average Bonchev–Trinajstić information content (AvgIpc) is 3.78. The molecule has 7 atom stereocenters. The normalized spacial score (nSPS) is 24.7. The number of hydroxylamine groups is 1. The largest absolute Gasteiger partial charge is 0.693 e. The topological polar surface area (TPSA) is 205 Å².